The standard InChI is InChI=1S/C20H23ClN2O3S2/c1-3-9-23-10-8-15-16(11-23)28-19(18(15)20(25)26-2)22-17(24)12-27-14-6-4-13(21)5-7-14/h4-7H,3,8-12H2,1-2H3,(H,22,24). The highest BCUT2D eigenvalue weighted by atomic mass is 35.5. The van der Waals surface area contributed by atoms with Crippen LogP contribution in [0.15, 0.2) is 29.2 Å². The van der Waals surface area contributed by atoms with Crippen LogP contribution in [0.25, 0.3) is 0 Å². The molecule has 0 saturated carbocycles. The molecule has 0 fully saturated rings. The Bertz CT molecular complexity index is 852. The Balaban J connectivity index is 1.72. The molecule has 150 valence electrons. The number of rotatable bonds is 7. The van der Waals surface area contributed by atoms with Gasteiger partial charge in [0.25, 0.3) is 0 Å². The molecule has 3 rings (SSSR count). The van der Waals surface area contributed by atoms with Gasteiger partial charge in [-0.25, -0.2) is 4.79 Å². The summed E-state index contributed by atoms with van der Waals surface area (Å²) in [6.45, 7) is 4.92. The van der Waals surface area contributed by atoms with Crippen LogP contribution in [0, 0.1) is 0 Å². The summed E-state index contributed by atoms with van der Waals surface area (Å²) in [7, 11) is 1.38. The number of fused-ring (bicyclic) bond motifs is 1. The summed E-state index contributed by atoms with van der Waals surface area (Å²) in [5.41, 5.74) is 1.54. The van der Waals surface area contributed by atoms with Gasteiger partial charge in [-0.05, 0) is 49.2 Å². The lowest BCUT2D eigenvalue weighted by molar-refractivity contribution is -0.113. The van der Waals surface area contributed by atoms with Crippen molar-refractivity contribution in [2.24, 2.45) is 0 Å². The molecule has 8 heteroatoms. The van der Waals surface area contributed by atoms with E-state index in [-0.39, 0.29) is 17.6 Å². The number of nitrogens with zero attached hydrogens (tertiary/aromatic N) is 1. The quantitative estimate of drug-likeness (QED) is 0.502. The van der Waals surface area contributed by atoms with E-state index in [1.54, 1.807) is 12.1 Å². The molecule has 2 aromatic rings. The van der Waals surface area contributed by atoms with E-state index in [1.807, 2.05) is 12.1 Å². The lowest BCUT2D eigenvalue weighted by atomic mass is 10.0. The molecule has 0 unspecified atom stereocenters. The van der Waals surface area contributed by atoms with Crippen LogP contribution in [0.1, 0.15) is 34.1 Å². The molecule has 1 aliphatic heterocycles. The van der Waals surface area contributed by atoms with Gasteiger partial charge in [0.05, 0.1) is 18.4 Å². The van der Waals surface area contributed by atoms with Gasteiger partial charge < -0.3 is 10.1 Å². The Morgan fingerprint density at radius 3 is 2.75 bits per heavy atom. The molecular weight excluding hydrogens is 416 g/mol. The lowest BCUT2D eigenvalue weighted by Crippen LogP contribution is -2.30. The summed E-state index contributed by atoms with van der Waals surface area (Å²) in [4.78, 5) is 29.3. The minimum Gasteiger partial charge on any atom is -0.465 e. The third-order valence-corrected chi connectivity index (χ3v) is 6.90. The average Bonchev–Trinajstić information content (AvgIpc) is 3.04. The van der Waals surface area contributed by atoms with E-state index in [4.69, 9.17) is 16.3 Å². The van der Waals surface area contributed by atoms with Crippen LogP contribution in [-0.4, -0.2) is 42.7 Å². The average molecular weight is 439 g/mol. The predicted octanol–water partition coefficient (Wildman–Crippen LogP) is 4.69. The minimum absolute atomic E-state index is 0.144. The number of hydrogen-bond donors (Lipinski definition) is 1. The van der Waals surface area contributed by atoms with Gasteiger partial charge in [-0.15, -0.1) is 23.1 Å². The highest BCUT2D eigenvalue weighted by Gasteiger charge is 2.29. The fraction of sp³-hybridized carbons (Fsp3) is 0.400. The summed E-state index contributed by atoms with van der Waals surface area (Å²) < 4.78 is 4.98. The third kappa shape index (κ3) is 5.08. The smallest absolute Gasteiger partial charge is 0.341 e. The fourth-order valence-electron chi connectivity index (χ4n) is 3.21. The van der Waals surface area contributed by atoms with Gasteiger partial charge in [-0.3, -0.25) is 9.69 Å². The van der Waals surface area contributed by atoms with Crippen molar-refractivity contribution in [1.29, 1.82) is 0 Å². The summed E-state index contributed by atoms with van der Waals surface area (Å²) in [5, 5.41) is 4.18. The monoisotopic (exact) mass is 438 g/mol. The molecule has 0 aliphatic carbocycles. The number of hydrogen-bond acceptors (Lipinski definition) is 6. The number of amides is 1. The van der Waals surface area contributed by atoms with Crippen molar-refractivity contribution >= 4 is 51.6 Å². The molecule has 0 saturated heterocycles. The number of thioether (sulfide) groups is 1. The van der Waals surface area contributed by atoms with Crippen LogP contribution in [0.3, 0.4) is 0 Å². The van der Waals surface area contributed by atoms with Crippen molar-refractivity contribution in [3.63, 3.8) is 0 Å². The molecule has 0 atom stereocenters. The number of benzene rings is 1. The summed E-state index contributed by atoms with van der Waals surface area (Å²) in [6, 6.07) is 7.36. The Labute approximate surface area is 178 Å². The topological polar surface area (TPSA) is 58.6 Å². The Morgan fingerprint density at radius 2 is 2.07 bits per heavy atom. The molecule has 1 N–H and O–H groups in total. The summed E-state index contributed by atoms with van der Waals surface area (Å²) in [6.07, 6.45) is 1.89. The van der Waals surface area contributed by atoms with Gasteiger partial charge in [0, 0.05) is 27.9 Å². The maximum absolute atomic E-state index is 12.5. The number of esters is 1. The van der Waals surface area contributed by atoms with Crippen molar-refractivity contribution in [1.82, 2.24) is 4.90 Å². The maximum Gasteiger partial charge on any atom is 0.341 e. The number of methoxy groups -OCH3 is 1. The van der Waals surface area contributed by atoms with E-state index in [2.05, 4.69) is 17.1 Å². The summed E-state index contributed by atoms with van der Waals surface area (Å²) >= 11 is 8.80. The third-order valence-electron chi connectivity index (χ3n) is 4.50. The van der Waals surface area contributed by atoms with Gasteiger partial charge in [-0.1, -0.05) is 18.5 Å². The minimum atomic E-state index is -0.387. The number of carbonyl (C=O) groups excluding carboxylic acids is 2. The van der Waals surface area contributed by atoms with E-state index in [9.17, 15) is 9.59 Å². The van der Waals surface area contributed by atoms with Gasteiger partial charge >= 0.3 is 5.97 Å². The molecule has 5 nitrogen and oxygen atoms in total. The Hall–Kier alpha value is -1.54. The normalized spacial score (nSPS) is 13.8. The first-order chi connectivity index (χ1) is 13.5. The second-order valence-corrected chi connectivity index (χ2v) is 9.11. The van der Waals surface area contributed by atoms with Crippen LogP contribution in [0.2, 0.25) is 5.02 Å². The van der Waals surface area contributed by atoms with Crippen LogP contribution >= 0.6 is 34.7 Å². The number of halogens is 1. The van der Waals surface area contributed by atoms with Crippen LogP contribution < -0.4 is 5.32 Å². The molecule has 1 aliphatic rings. The highest BCUT2D eigenvalue weighted by Crippen LogP contribution is 2.37. The van der Waals surface area contributed by atoms with E-state index in [0.29, 0.717) is 15.6 Å². The zero-order valence-corrected chi connectivity index (χ0v) is 18.3. The summed E-state index contributed by atoms with van der Waals surface area (Å²) in [5.74, 6) is -0.275. The molecule has 1 amide bonds. The largest absolute Gasteiger partial charge is 0.465 e. The Morgan fingerprint density at radius 1 is 1.32 bits per heavy atom. The van der Waals surface area contributed by atoms with Crippen LogP contribution in [-0.2, 0) is 22.5 Å². The first-order valence-electron chi connectivity index (χ1n) is 9.15. The van der Waals surface area contributed by atoms with Crippen LogP contribution in [0.4, 0.5) is 5.00 Å². The number of ether oxygens (including phenoxy) is 1. The molecule has 28 heavy (non-hydrogen) atoms. The molecule has 0 bridgehead atoms. The second-order valence-electron chi connectivity index (χ2n) is 6.52. The molecule has 0 spiro atoms. The van der Waals surface area contributed by atoms with Gasteiger partial charge in [0.2, 0.25) is 5.91 Å². The van der Waals surface area contributed by atoms with Crippen molar-refractivity contribution in [3.05, 3.63) is 45.3 Å². The lowest BCUT2D eigenvalue weighted by Gasteiger charge is -2.26. The number of nitrogens with one attached hydrogen (secondary N) is 1. The molecule has 0 radical (unpaired) electrons. The van der Waals surface area contributed by atoms with E-state index >= 15 is 0 Å². The molecule has 2 heterocycles. The molecule has 1 aromatic carbocycles. The zero-order valence-electron chi connectivity index (χ0n) is 15.9. The molecule has 1 aromatic heterocycles. The van der Waals surface area contributed by atoms with Crippen molar-refractivity contribution in [2.45, 2.75) is 31.2 Å². The zero-order chi connectivity index (χ0) is 20.1. The highest BCUT2D eigenvalue weighted by molar-refractivity contribution is 8.00. The van der Waals surface area contributed by atoms with E-state index in [1.165, 1.54) is 30.2 Å². The van der Waals surface area contributed by atoms with E-state index < -0.39 is 0 Å². The van der Waals surface area contributed by atoms with Crippen LogP contribution in [0.5, 0.6) is 0 Å². The number of anilines is 1. The SMILES string of the molecule is CCCN1CCc2c(sc(NC(=O)CSc3ccc(Cl)cc3)c2C(=O)OC)C1. The maximum atomic E-state index is 12.5. The van der Waals surface area contributed by atoms with Crippen molar-refractivity contribution in [3.8, 4) is 0 Å². The van der Waals surface area contributed by atoms with Gasteiger partial charge in [0.1, 0.15) is 5.00 Å². The first kappa shape index (κ1) is 21.2. The first-order valence-corrected chi connectivity index (χ1v) is 11.3. The predicted molar refractivity (Wildman–Crippen MR) is 116 cm³/mol. The van der Waals surface area contributed by atoms with Gasteiger partial charge in [0.15, 0.2) is 0 Å². The fourth-order valence-corrected chi connectivity index (χ4v) is 5.33. The second kappa shape index (κ2) is 9.78. The number of carbonyl (C=O) groups is 2. The van der Waals surface area contributed by atoms with Gasteiger partial charge in [-0.2, -0.15) is 0 Å². The van der Waals surface area contributed by atoms with Crippen molar-refractivity contribution in [2.75, 3.05) is 31.3 Å². The number of thiophene rings is 1. The van der Waals surface area contributed by atoms with E-state index in [0.717, 1.165) is 47.8 Å². The van der Waals surface area contributed by atoms with Crippen molar-refractivity contribution < 1.29 is 14.3 Å². The molecular formula is C20H23ClN2O3S2. The Kier molecular flexibility index (Phi) is 7.40.